The maximum absolute atomic E-state index is 5.79. The van der Waals surface area contributed by atoms with Gasteiger partial charge < -0.3 is 15.8 Å². The minimum Gasteiger partial charge on any atom is -0.439 e. The largest absolute Gasteiger partial charge is 0.439 e. The summed E-state index contributed by atoms with van der Waals surface area (Å²) in [6, 6.07) is 5.44. The number of rotatable bonds is 4. The molecular weight excluding hydrogens is 324 g/mol. The molecule has 0 unspecified atom stereocenters. The van der Waals surface area contributed by atoms with Gasteiger partial charge in [-0.1, -0.05) is 17.4 Å². The molecule has 3 aromatic rings. The summed E-state index contributed by atoms with van der Waals surface area (Å²) >= 11 is 1.42. The molecule has 0 spiro atoms. The summed E-state index contributed by atoms with van der Waals surface area (Å²) in [6.07, 6.45) is 9.75. The lowest BCUT2D eigenvalue weighted by Crippen LogP contribution is -1.98. The molecule has 120 valence electrons. The SMILES string of the molecule is Nc1nccc(Nc2nc3ccc(OC4=CCCC=C4)nc3s2)n1. The Hall–Kier alpha value is -3.00. The van der Waals surface area contributed by atoms with E-state index < -0.39 is 0 Å². The van der Waals surface area contributed by atoms with Gasteiger partial charge in [0.1, 0.15) is 21.9 Å². The molecule has 0 saturated carbocycles. The quantitative estimate of drug-likeness (QED) is 0.752. The summed E-state index contributed by atoms with van der Waals surface area (Å²) in [6.45, 7) is 0. The Bertz CT molecular complexity index is 949. The van der Waals surface area contributed by atoms with Crippen LogP contribution in [0.2, 0.25) is 0 Å². The molecule has 0 radical (unpaired) electrons. The van der Waals surface area contributed by atoms with Crippen LogP contribution in [0.3, 0.4) is 0 Å². The van der Waals surface area contributed by atoms with Crippen molar-refractivity contribution < 1.29 is 4.74 Å². The molecule has 3 N–H and O–H groups in total. The van der Waals surface area contributed by atoms with Gasteiger partial charge in [0.15, 0.2) is 5.13 Å². The summed E-state index contributed by atoms with van der Waals surface area (Å²) in [7, 11) is 0. The first-order valence-corrected chi connectivity index (χ1v) is 8.25. The maximum atomic E-state index is 5.79. The van der Waals surface area contributed by atoms with Crippen molar-refractivity contribution in [3.63, 3.8) is 0 Å². The summed E-state index contributed by atoms with van der Waals surface area (Å²) in [5.74, 6) is 2.19. The van der Waals surface area contributed by atoms with Crippen molar-refractivity contribution in [3.05, 3.63) is 48.4 Å². The lowest BCUT2D eigenvalue weighted by molar-refractivity contribution is 0.424. The van der Waals surface area contributed by atoms with E-state index in [1.54, 1.807) is 12.3 Å². The van der Waals surface area contributed by atoms with Gasteiger partial charge >= 0.3 is 0 Å². The number of aromatic nitrogens is 4. The van der Waals surface area contributed by atoms with Crippen LogP contribution in [0.5, 0.6) is 5.88 Å². The second-order valence-electron chi connectivity index (χ2n) is 5.11. The number of nitrogens with two attached hydrogens (primary N) is 1. The van der Waals surface area contributed by atoms with E-state index in [1.165, 1.54) is 11.3 Å². The predicted molar refractivity (Wildman–Crippen MR) is 94.2 cm³/mol. The molecule has 0 amide bonds. The van der Waals surface area contributed by atoms with E-state index in [-0.39, 0.29) is 5.95 Å². The zero-order valence-corrected chi connectivity index (χ0v) is 13.5. The van der Waals surface area contributed by atoms with E-state index in [9.17, 15) is 0 Å². The molecule has 1 aliphatic rings. The topological polar surface area (TPSA) is 98.8 Å². The Morgan fingerprint density at radius 3 is 2.92 bits per heavy atom. The highest BCUT2D eigenvalue weighted by Gasteiger charge is 2.09. The van der Waals surface area contributed by atoms with Gasteiger partial charge in [0.05, 0.1) is 0 Å². The minimum absolute atomic E-state index is 0.212. The molecular formula is C16H14N6OS. The first kappa shape index (κ1) is 14.6. The Morgan fingerprint density at radius 2 is 2.08 bits per heavy atom. The van der Waals surface area contributed by atoms with Gasteiger partial charge in [0, 0.05) is 12.3 Å². The van der Waals surface area contributed by atoms with Crippen LogP contribution in [0, 0.1) is 0 Å². The predicted octanol–water partition coefficient (Wildman–Crippen LogP) is 3.42. The van der Waals surface area contributed by atoms with Crippen molar-refractivity contribution in [2.24, 2.45) is 0 Å². The number of thiazole rings is 1. The zero-order chi connectivity index (χ0) is 16.4. The van der Waals surface area contributed by atoms with Crippen LogP contribution in [-0.2, 0) is 0 Å². The van der Waals surface area contributed by atoms with E-state index in [0.717, 1.165) is 28.9 Å². The van der Waals surface area contributed by atoms with E-state index in [1.807, 2.05) is 18.2 Å². The second kappa shape index (κ2) is 6.25. The average molecular weight is 338 g/mol. The standard InChI is InChI=1S/C16H14N6OS/c17-15-18-9-8-12(20-15)21-16-19-11-6-7-13(22-14(11)24-16)23-10-4-2-1-3-5-10/h2,4-9H,1,3H2,(H3,17,18,19,20,21). The molecule has 0 aliphatic heterocycles. The lowest BCUT2D eigenvalue weighted by Gasteiger charge is -2.07. The van der Waals surface area contributed by atoms with E-state index >= 15 is 0 Å². The van der Waals surface area contributed by atoms with Crippen molar-refractivity contribution >= 4 is 38.6 Å². The highest BCUT2D eigenvalue weighted by molar-refractivity contribution is 7.21. The molecule has 3 heterocycles. The third kappa shape index (κ3) is 3.18. The highest BCUT2D eigenvalue weighted by atomic mass is 32.1. The zero-order valence-electron chi connectivity index (χ0n) is 12.6. The molecule has 7 nitrogen and oxygen atoms in total. The molecule has 0 saturated heterocycles. The summed E-state index contributed by atoms with van der Waals surface area (Å²) < 4.78 is 5.79. The maximum Gasteiger partial charge on any atom is 0.221 e. The van der Waals surface area contributed by atoms with Crippen molar-refractivity contribution in [1.29, 1.82) is 0 Å². The third-order valence-corrected chi connectivity index (χ3v) is 4.20. The van der Waals surface area contributed by atoms with Crippen LogP contribution in [0.4, 0.5) is 16.9 Å². The normalized spacial score (nSPS) is 13.8. The van der Waals surface area contributed by atoms with Crippen LogP contribution < -0.4 is 15.8 Å². The fourth-order valence-corrected chi connectivity index (χ4v) is 3.09. The number of hydrogen-bond acceptors (Lipinski definition) is 8. The van der Waals surface area contributed by atoms with Crippen molar-refractivity contribution in [2.75, 3.05) is 11.1 Å². The van der Waals surface area contributed by atoms with Crippen molar-refractivity contribution in [3.8, 4) is 5.88 Å². The molecule has 3 aromatic heterocycles. The summed E-state index contributed by atoms with van der Waals surface area (Å²) in [5, 5.41) is 3.79. The van der Waals surface area contributed by atoms with Gasteiger partial charge in [-0.2, -0.15) is 4.98 Å². The molecule has 0 fully saturated rings. The smallest absolute Gasteiger partial charge is 0.221 e. The monoisotopic (exact) mass is 338 g/mol. The third-order valence-electron chi connectivity index (χ3n) is 3.32. The molecule has 0 aromatic carbocycles. The number of nitrogens with zero attached hydrogens (tertiary/aromatic N) is 4. The number of nitrogen functional groups attached to an aromatic ring is 1. The second-order valence-corrected chi connectivity index (χ2v) is 6.08. The fourth-order valence-electron chi connectivity index (χ4n) is 2.25. The van der Waals surface area contributed by atoms with Crippen LogP contribution >= 0.6 is 11.3 Å². The molecule has 8 heteroatoms. The molecule has 24 heavy (non-hydrogen) atoms. The Labute approximate surface area is 141 Å². The fraction of sp³-hybridized carbons (Fsp3) is 0.125. The number of anilines is 3. The Kier molecular flexibility index (Phi) is 3.80. The van der Waals surface area contributed by atoms with E-state index in [0.29, 0.717) is 16.8 Å². The molecule has 1 aliphatic carbocycles. The summed E-state index contributed by atoms with van der Waals surface area (Å²) in [5.41, 5.74) is 6.37. The first-order chi connectivity index (χ1) is 11.8. The number of allylic oxidation sites excluding steroid dienone is 3. The van der Waals surface area contributed by atoms with Gasteiger partial charge in [-0.3, -0.25) is 0 Å². The summed E-state index contributed by atoms with van der Waals surface area (Å²) in [4.78, 5) is 17.7. The van der Waals surface area contributed by atoms with E-state index in [2.05, 4.69) is 37.4 Å². The number of fused-ring (bicyclic) bond motifs is 1. The number of pyridine rings is 1. The van der Waals surface area contributed by atoms with Crippen molar-refractivity contribution in [1.82, 2.24) is 19.9 Å². The number of ether oxygens (including phenoxy) is 1. The van der Waals surface area contributed by atoms with E-state index in [4.69, 9.17) is 10.5 Å². The van der Waals surface area contributed by atoms with Crippen LogP contribution in [0.1, 0.15) is 12.8 Å². The van der Waals surface area contributed by atoms with Gasteiger partial charge in [-0.05, 0) is 37.1 Å². The van der Waals surface area contributed by atoms with Crippen molar-refractivity contribution in [2.45, 2.75) is 12.8 Å². The number of hydrogen-bond donors (Lipinski definition) is 2. The van der Waals surface area contributed by atoms with Crippen LogP contribution in [0.25, 0.3) is 10.3 Å². The van der Waals surface area contributed by atoms with Gasteiger partial charge in [0.25, 0.3) is 0 Å². The average Bonchev–Trinajstić information content (AvgIpc) is 2.97. The first-order valence-electron chi connectivity index (χ1n) is 7.44. The van der Waals surface area contributed by atoms with Gasteiger partial charge in [-0.25, -0.2) is 15.0 Å². The minimum atomic E-state index is 0.212. The Balaban J connectivity index is 1.56. The molecule has 0 atom stereocenters. The molecule has 4 rings (SSSR count). The van der Waals surface area contributed by atoms with Crippen LogP contribution in [-0.4, -0.2) is 19.9 Å². The lowest BCUT2D eigenvalue weighted by atomic mass is 10.2. The number of nitrogens with one attached hydrogen (secondary N) is 1. The Morgan fingerprint density at radius 1 is 1.12 bits per heavy atom. The van der Waals surface area contributed by atoms with Crippen LogP contribution in [0.15, 0.2) is 48.4 Å². The highest BCUT2D eigenvalue weighted by Crippen LogP contribution is 2.28. The van der Waals surface area contributed by atoms with Gasteiger partial charge in [0.2, 0.25) is 11.8 Å². The van der Waals surface area contributed by atoms with Gasteiger partial charge in [-0.15, -0.1) is 0 Å². The molecule has 0 bridgehead atoms.